The Kier molecular flexibility index (Phi) is 1.30. The van der Waals surface area contributed by atoms with Crippen molar-refractivity contribution < 1.29 is 0 Å². The van der Waals surface area contributed by atoms with Gasteiger partial charge >= 0.3 is 48.6 Å². The van der Waals surface area contributed by atoms with E-state index >= 15 is 0 Å². The first-order valence-corrected chi connectivity index (χ1v) is 3.34. The first kappa shape index (κ1) is 4.38. The molecule has 0 saturated heterocycles. The minimum absolute atomic E-state index is 1.26. The number of thiophene rings is 1. The Bertz CT molecular complexity index is 111. The molecule has 1 aromatic rings. The van der Waals surface area contributed by atoms with Gasteiger partial charge in [0.25, 0.3) is 0 Å². The van der Waals surface area contributed by atoms with Crippen molar-refractivity contribution in [1.29, 1.82) is 0 Å². The molecule has 32 valence electrons. The molecule has 1 rings (SSSR count). The number of rotatable bonds is 0. The van der Waals surface area contributed by atoms with E-state index in [0.29, 0.717) is 0 Å². The van der Waals surface area contributed by atoms with Gasteiger partial charge in [-0.25, -0.2) is 0 Å². The van der Waals surface area contributed by atoms with Gasteiger partial charge in [0.15, 0.2) is 0 Å². The Morgan fingerprint density at radius 3 is 2.67 bits per heavy atom. The summed E-state index contributed by atoms with van der Waals surface area (Å²) in [6, 6.07) is 4.07. The van der Waals surface area contributed by atoms with Crippen LogP contribution in [0.4, 0.5) is 0 Å². The molecule has 0 saturated carbocycles. The van der Waals surface area contributed by atoms with Crippen LogP contribution in [0.3, 0.4) is 0 Å². The van der Waals surface area contributed by atoms with Crippen molar-refractivity contribution in [3.05, 3.63) is 17.5 Å². The van der Waals surface area contributed by atoms with Crippen LogP contribution in [-0.4, -0.2) is 16.0 Å². The summed E-state index contributed by atoms with van der Waals surface area (Å²) in [5.41, 5.74) is 0. The summed E-state index contributed by atoms with van der Waals surface area (Å²) in [7, 11) is 0. The van der Waals surface area contributed by atoms with Gasteiger partial charge in [-0.2, -0.15) is 0 Å². The molecule has 0 unspecified atom stereocenters. The summed E-state index contributed by atoms with van der Waals surface area (Å²) < 4.78 is 1.26. The maximum atomic E-state index is 2.90. The normalized spacial score (nSPS) is 8.67. The molecule has 0 nitrogen and oxygen atoms in total. The van der Waals surface area contributed by atoms with Crippen LogP contribution in [0.15, 0.2) is 17.5 Å². The second kappa shape index (κ2) is 1.78. The summed E-state index contributed by atoms with van der Waals surface area (Å²) in [6.07, 6.45) is 0. The van der Waals surface area contributed by atoms with E-state index in [-0.39, 0.29) is 0 Å². The third kappa shape index (κ3) is 0.839. The molecule has 0 fully saturated rings. The van der Waals surface area contributed by atoms with Crippen LogP contribution >= 0.6 is 11.3 Å². The average molecular weight is 162 g/mol. The predicted octanol–water partition coefficient (Wildman–Crippen LogP) is 0.542. The van der Waals surface area contributed by atoms with E-state index in [1.165, 1.54) is 3.78 Å². The van der Waals surface area contributed by atoms with Gasteiger partial charge in [-0.05, 0) is 0 Å². The predicted molar refractivity (Wildman–Crippen MR) is 29.7 cm³/mol. The van der Waals surface area contributed by atoms with Crippen molar-refractivity contribution in [2.24, 2.45) is 0 Å². The van der Waals surface area contributed by atoms with Crippen LogP contribution in [0.1, 0.15) is 0 Å². The van der Waals surface area contributed by atoms with E-state index in [4.69, 9.17) is 0 Å². The maximum absolute atomic E-state index is 2.90. The first-order chi connectivity index (χ1) is 2.89. The quantitative estimate of drug-likeness (QED) is 0.488. The Morgan fingerprint density at radius 1 is 1.67 bits per heavy atom. The molecule has 0 radical (unpaired) electrons. The van der Waals surface area contributed by atoms with Gasteiger partial charge in [0, 0.05) is 0 Å². The van der Waals surface area contributed by atoms with Gasteiger partial charge in [-0.1, -0.05) is 0 Å². The molecule has 0 aliphatic carbocycles. The fourth-order valence-corrected chi connectivity index (χ4v) is 1.23. The van der Waals surface area contributed by atoms with Crippen molar-refractivity contribution in [2.45, 2.75) is 0 Å². The van der Waals surface area contributed by atoms with Gasteiger partial charge in [0.05, 0.1) is 0 Å². The van der Waals surface area contributed by atoms with Crippen molar-refractivity contribution in [3.63, 3.8) is 0 Å². The zero-order valence-electron chi connectivity index (χ0n) is 3.05. The molecule has 6 heavy (non-hydrogen) atoms. The molecular formula is C4H3SSe-. The molecular weight excluding hydrogens is 159 g/mol. The van der Waals surface area contributed by atoms with Crippen molar-refractivity contribution in [2.75, 3.05) is 0 Å². The zero-order valence-corrected chi connectivity index (χ0v) is 5.58. The summed E-state index contributed by atoms with van der Waals surface area (Å²) in [4.78, 5) is 0. The van der Waals surface area contributed by atoms with Gasteiger partial charge in [0.2, 0.25) is 0 Å². The molecule has 1 aromatic heterocycles. The Labute approximate surface area is 49.0 Å². The topological polar surface area (TPSA) is 0 Å². The monoisotopic (exact) mass is 163 g/mol. The summed E-state index contributed by atoms with van der Waals surface area (Å²) in [5.74, 6) is 0. The second-order valence-electron chi connectivity index (χ2n) is 0.932. The van der Waals surface area contributed by atoms with E-state index in [1.54, 1.807) is 11.3 Å². The van der Waals surface area contributed by atoms with Crippen LogP contribution in [0.2, 0.25) is 0 Å². The van der Waals surface area contributed by atoms with E-state index in [2.05, 4.69) is 16.0 Å². The standard InChI is InChI=1S/C4H4SSe/c6-4-2-1-3-5-4/h1-3,6H/p-1. The molecule has 0 amide bonds. The van der Waals surface area contributed by atoms with Crippen LogP contribution in [0, 0.1) is 0 Å². The summed E-state index contributed by atoms with van der Waals surface area (Å²) in [5, 5.41) is 2.05. The SMILES string of the molecule is [Se-]c1cccs1. The molecule has 1 heterocycles. The molecule has 2 heteroatoms. The Morgan fingerprint density at radius 2 is 2.50 bits per heavy atom. The van der Waals surface area contributed by atoms with E-state index in [1.807, 2.05) is 17.5 Å². The molecule has 0 aliphatic heterocycles. The second-order valence-corrected chi connectivity index (χ2v) is 3.39. The van der Waals surface area contributed by atoms with Gasteiger partial charge in [-0.15, -0.1) is 0 Å². The molecule has 0 aliphatic rings. The fourth-order valence-electron chi connectivity index (χ4n) is 0.263. The van der Waals surface area contributed by atoms with E-state index in [0.717, 1.165) is 0 Å². The van der Waals surface area contributed by atoms with Crippen LogP contribution in [0.5, 0.6) is 0 Å². The molecule has 0 aromatic carbocycles. The van der Waals surface area contributed by atoms with Crippen LogP contribution < -0.4 is 3.78 Å². The van der Waals surface area contributed by atoms with Gasteiger partial charge in [0.1, 0.15) is 0 Å². The third-order valence-electron chi connectivity index (χ3n) is 0.495. The average Bonchev–Trinajstić information content (AvgIpc) is 1.86. The molecule has 0 N–H and O–H groups in total. The molecule has 0 atom stereocenters. The van der Waals surface area contributed by atoms with Crippen molar-refractivity contribution >= 4 is 31.1 Å². The number of hydrogen-bond donors (Lipinski definition) is 0. The Hall–Kier alpha value is 0.219. The number of hydrogen-bond acceptors (Lipinski definition) is 1. The zero-order chi connectivity index (χ0) is 4.41. The molecule has 0 spiro atoms. The first-order valence-electron chi connectivity index (χ1n) is 1.60. The van der Waals surface area contributed by atoms with Gasteiger partial charge in [-0.3, -0.25) is 0 Å². The fraction of sp³-hybridized carbons (Fsp3) is 0. The summed E-state index contributed by atoms with van der Waals surface area (Å²) >= 11 is 4.62. The third-order valence-corrected chi connectivity index (χ3v) is 2.05. The molecule has 0 bridgehead atoms. The minimum atomic E-state index is 1.26. The van der Waals surface area contributed by atoms with E-state index in [9.17, 15) is 0 Å². The van der Waals surface area contributed by atoms with Crippen LogP contribution in [0.25, 0.3) is 0 Å². The van der Waals surface area contributed by atoms with Crippen molar-refractivity contribution in [3.8, 4) is 0 Å². The summed E-state index contributed by atoms with van der Waals surface area (Å²) in [6.45, 7) is 0. The van der Waals surface area contributed by atoms with Crippen LogP contribution in [-0.2, 0) is 0 Å². The van der Waals surface area contributed by atoms with Crippen molar-refractivity contribution in [1.82, 2.24) is 0 Å². The van der Waals surface area contributed by atoms with Gasteiger partial charge < -0.3 is 0 Å². The Balaban J connectivity index is 3.05. The van der Waals surface area contributed by atoms with E-state index < -0.39 is 0 Å².